The second kappa shape index (κ2) is 9.35. The van der Waals surface area contributed by atoms with Crippen LogP contribution < -0.4 is 5.32 Å². The summed E-state index contributed by atoms with van der Waals surface area (Å²) in [5.41, 5.74) is 2.05. The van der Waals surface area contributed by atoms with Gasteiger partial charge in [0.05, 0.1) is 11.4 Å². The standard InChI is InChI=1S/C22H22ClFN6O2/c1-15-20(26-27-30(15)19-8-6-17(24)7-9-19)21(31)28-10-3-11-29(13-12-28)22(32)25-18-5-2-4-16(23)14-18/h2,4-9,14H,3,10-13H2,1H3,(H,25,32). The third kappa shape index (κ3) is 4.72. The predicted octanol–water partition coefficient (Wildman–Crippen LogP) is 3.75. The summed E-state index contributed by atoms with van der Waals surface area (Å²) in [4.78, 5) is 29.1. The Morgan fingerprint density at radius 2 is 1.75 bits per heavy atom. The number of anilines is 1. The molecule has 0 bridgehead atoms. The van der Waals surface area contributed by atoms with E-state index in [1.807, 2.05) is 0 Å². The number of amides is 3. The summed E-state index contributed by atoms with van der Waals surface area (Å²) < 4.78 is 14.7. The molecule has 1 saturated heterocycles. The van der Waals surface area contributed by atoms with E-state index in [1.54, 1.807) is 53.1 Å². The van der Waals surface area contributed by atoms with Crippen LogP contribution in [0.4, 0.5) is 14.9 Å². The van der Waals surface area contributed by atoms with Crippen molar-refractivity contribution in [3.63, 3.8) is 0 Å². The first kappa shape index (κ1) is 21.8. The number of carbonyl (C=O) groups excluding carboxylic acids is 2. The van der Waals surface area contributed by atoms with Gasteiger partial charge in [-0.25, -0.2) is 13.9 Å². The van der Waals surface area contributed by atoms with Crippen LogP contribution in [0.25, 0.3) is 5.69 Å². The Hall–Kier alpha value is -3.46. The van der Waals surface area contributed by atoms with Gasteiger partial charge in [0, 0.05) is 36.9 Å². The maximum atomic E-state index is 13.2. The van der Waals surface area contributed by atoms with Crippen LogP contribution in [0, 0.1) is 12.7 Å². The highest BCUT2D eigenvalue weighted by Crippen LogP contribution is 2.18. The number of halogens is 2. The molecule has 1 aliphatic heterocycles. The summed E-state index contributed by atoms with van der Waals surface area (Å²) in [7, 11) is 0. The average Bonchev–Trinajstić information content (AvgIpc) is 2.99. The molecule has 0 saturated carbocycles. The Bertz CT molecular complexity index is 1130. The van der Waals surface area contributed by atoms with E-state index >= 15 is 0 Å². The largest absolute Gasteiger partial charge is 0.335 e. The molecule has 0 unspecified atom stereocenters. The van der Waals surface area contributed by atoms with E-state index in [1.165, 1.54) is 16.8 Å². The van der Waals surface area contributed by atoms with Gasteiger partial charge in [-0.1, -0.05) is 22.9 Å². The third-order valence-electron chi connectivity index (χ3n) is 5.31. The van der Waals surface area contributed by atoms with Crippen LogP contribution in [0.1, 0.15) is 22.6 Å². The number of rotatable bonds is 3. The molecule has 1 aliphatic rings. The third-order valence-corrected chi connectivity index (χ3v) is 5.55. The van der Waals surface area contributed by atoms with Gasteiger partial charge in [0.1, 0.15) is 5.82 Å². The van der Waals surface area contributed by atoms with E-state index in [9.17, 15) is 14.0 Å². The molecule has 3 aromatic rings. The summed E-state index contributed by atoms with van der Waals surface area (Å²) >= 11 is 5.97. The van der Waals surface area contributed by atoms with Crippen LogP contribution in [-0.2, 0) is 0 Å². The van der Waals surface area contributed by atoms with Gasteiger partial charge < -0.3 is 15.1 Å². The maximum absolute atomic E-state index is 13.2. The van der Waals surface area contributed by atoms with Gasteiger partial charge in [-0.15, -0.1) is 5.10 Å². The zero-order valence-corrected chi connectivity index (χ0v) is 18.2. The van der Waals surface area contributed by atoms with Gasteiger partial charge in [0.15, 0.2) is 5.69 Å². The van der Waals surface area contributed by atoms with E-state index in [0.717, 1.165) is 0 Å². The van der Waals surface area contributed by atoms with Crippen LogP contribution in [0.5, 0.6) is 0 Å². The topological polar surface area (TPSA) is 83.4 Å². The number of benzene rings is 2. The Balaban J connectivity index is 1.41. The Labute approximate surface area is 189 Å². The molecule has 1 N–H and O–H groups in total. The minimum atomic E-state index is -0.351. The Morgan fingerprint density at radius 3 is 2.50 bits per heavy atom. The fourth-order valence-electron chi connectivity index (χ4n) is 3.60. The molecule has 0 aliphatic carbocycles. The SMILES string of the molecule is Cc1c(C(=O)N2CCCN(C(=O)Nc3cccc(Cl)c3)CC2)nnn1-c1ccc(F)cc1. The van der Waals surface area contributed by atoms with Crippen LogP contribution in [-0.4, -0.2) is 62.9 Å². The molecule has 1 aromatic heterocycles. The number of urea groups is 1. The van der Waals surface area contributed by atoms with Gasteiger partial charge in [0.25, 0.3) is 5.91 Å². The molecule has 2 aromatic carbocycles. The molecular formula is C22H22ClFN6O2. The number of carbonyl (C=O) groups is 2. The van der Waals surface area contributed by atoms with E-state index in [4.69, 9.17) is 11.6 Å². The number of nitrogens with zero attached hydrogens (tertiary/aromatic N) is 5. The summed E-state index contributed by atoms with van der Waals surface area (Å²) in [5.74, 6) is -0.593. The second-order valence-electron chi connectivity index (χ2n) is 7.48. The molecule has 10 heteroatoms. The van der Waals surface area contributed by atoms with Gasteiger partial charge in [-0.3, -0.25) is 4.79 Å². The number of hydrogen-bond donors (Lipinski definition) is 1. The van der Waals surface area contributed by atoms with Crippen LogP contribution in [0.2, 0.25) is 5.02 Å². The molecular weight excluding hydrogens is 435 g/mol. The van der Waals surface area contributed by atoms with Gasteiger partial charge in [-0.2, -0.15) is 0 Å². The molecule has 0 radical (unpaired) electrons. The van der Waals surface area contributed by atoms with Crippen LogP contribution in [0.3, 0.4) is 0 Å². The average molecular weight is 457 g/mol. The summed E-state index contributed by atoms with van der Waals surface area (Å²) in [6.45, 7) is 3.55. The fraction of sp³-hybridized carbons (Fsp3) is 0.273. The first-order valence-electron chi connectivity index (χ1n) is 10.2. The van der Waals surface area contributed by atoms with Gasteiger partial charge >= 0.3 is 6.03 Å². The van der Waals surface area contributed by atoms with Crippen molar-refractivity contribution in [3.8, 4) is 5.69 Å². The summed E-state index contributed by atoms with van der Waals surface area (Å²) in [5, 5.41) is 11.5. The van der Waals surface area contributed by atoms with Crippen molar-refractivity contribution < 1.29 is 14.0 Å². The quantitative estimate of drug-likeness (QED) is 0.650. The van der Waals surface area contributed by atoms with Crippen LogP contribution in [0.15, 0.2) is 48.5 Å². The minimum absolute atomic E-state index is 0.236. The highest BCUT2D eigenvalue weighted by atomic mass is 35.5. The lowest BCUT2D eigenvalue weighted by Gasteiger charge is -2.22. The lowest BCUT2D eigenvalue weighted by Crippen LogP contribution is -2.39. The van der Waals surface area contributed by atoms with Gasteiger partial charge in [-0.05, 0) is 55.8 Å². The maximum Gasteiger partial charge on any atom is 0.321 e. The first-order valence-corrected chi connectivity index (χ1v) is 10.6. The molecule has 1 fully saturated rings. The summed E-state index contributed by atoms with van der Waals surface area (Å²) in [6, 6.07) is 12.5. The molecule has 2 heterocycles. The number of aromatic nitrogens is 3. The number of nitrogens with one attached hydrogen (secondary N) is 1. The zero-order valence-electron chi connectivity index (χ0n) is 17.5. The molecule has 4 rings (SSSR count). The molecule has 166 valence electrons. The molecule has 3 amide bonds. The normalized spacial score (nSPS) is 14.2. The summed E-state index contributed by atoms with van der Waals surface area (Å²) in [6.07, 6.45) is 0.639. The lowest BCUT2D eigenvalue weighted by molar-refractivity contribution is 0.0756. The lowest BCUT2D eigenvalue weighted by atomic mass is 10.2. The van der Waals surface area contributed by atoms with E-state index < -0.39 is 0 Å². The van der Waals surface area contributed by atoms with E-state index in [-0.39, 0.29) is 23.4 Å². The van der Waals surface area contributed by atoms with Crippen molar-refractivity contribution in [3.05, 3.63) is 70.8 Å². The molecule has 8 nitrogen and oxygen atoms in total. The van der Waals surface area contributed by atoms with Crippen molar-refractivity contribution in [1.82, 2.24) is 24.8 Å². The second-order valence-corrected chi connectivity index (χ2v) is 7.92. The monoisotopic (exact) mass is 456 g/mol. The number of hydrogen-bond acceptors (Lipinski definition) is 4. The molecule has 0 spiro atoms. The minimum Gasteiger partial charge on any atom is -0.335 e. The van der Waals surface area contributed by atoms with E-state index in [2.05, 4.69) is 15.6 Å². The van der Waals surface area contributed by atoms with Crippen molar-refractivity contribution in [2.24, 2.45) is 0 Å². The van der Waals surface area contributed by atoms with Crippen LogP contribution >= 0.6 is 11.6 Å². The zero-order chi connectivity index (χ0) is 22.7. The highest BCUT2D eigenvalue weighted by molar-refractivity contribution is 6.30. The molecule has 32 heavy (non-hydrogen) atoms. The Morgan fingerprint density at radius 1 is 1.03 bits per heavy atom. The fourth-order valence-corrected chi connectivity index (χ4v) is 3.79. The van der Waals surface area contributed by atoms with Gasteiger partial charge in [0.2, 0.25) is 0 Å². The van der Waals surface area contributed by atoms with Crippen molar-refractivity contribution in [2.75, 3.05) is 31.5 Å². The van der Waals surface area contributed by atoms with Crippen molar-refractivity contribution in [1.29, 1.82) is 0 Å². The first-order chi connectivity index (χ1) is 15.4. The predicted molar refractivity (Wildman–Crippen MR) is 119 cm³/mol. The smallest absolute Gasteiger partial charge is 0.321 e. The van der Waals surface area contributed by atoms with E-state index in [0.29, 0.717) is 54.7 Å². The molecule has 0 atom stereocenters. The Kier molecular flexibility index (Phi) is 6.36. The van der Waals surface area contributed by atoms with Crippen molar-refractivity contribution >= 4 is 29.2 Å². The highest BCUT2D eigenvalue weighted by Gasteiger charge is 2.26. The van der Waals surface area contributed by atoms with Crippen molar-refractivity contribution in [2.45, 2.75) is 13.3 Å².